The van der Waals surface area contributed by atoms with E-state index in [9.17, 15) is 0 Å². The second-order valence-corrected chi connectivity index (χ2v) is 6.61. The molecule has 2 aliphatic heterocycles. The molecular formula is C17H34N2O. The summed E-state index contributed by atoms with van der Waals surface area (Å²) in [4.78, 5) is 2.72. The Kier molecular flexibility index (Phi) is 7.32. The van der Waals surface area contributed by atoms with Crippen LogP contribution >= 0.6 is 0 Å². The molecule has 0 aliphatic carbocycles. The van der Waals surface area contributed by atoms with E-state index in [2.05, 4.69) is 24.1 Å². The summed E-state index contributed by atoms with van der Waals surface area (Å²) in [6.07, 6.45) is 9.38. The Bertz CT molecular complexity index is 259. The van der Waals surface area contributed by atoms with Crippen LogP contribution in [-0.2, 0) is 4.74 Å². The van der Waals surface area contributed by atoms with E-state index in [0.29, 0.717) is 12.1 Å². The number of hydrogen-bond acceptors (Lipinski definition) is 3. The van der Waals surface area contributed by atoms with Gasteiger partial charge in [-0.1, -0.05) is 26.7 Å². The van der Waals surface area contributed by atoms with Crippen molar-refractivity contribution < 1.29 is 4.74 Å². The van der Waals surface area contributed by atoms with Gasteiger partial charge in [-0.15, -0.1) is 0 Å². The molecule has 3 atom stereocenters. The molecule has 0 aromatic rings. The number of nitrogens with zero attached hydrogens (tertiary/aromatic N) is 1. The van der Waals surface area contributed by atoms with E-state index in [0.717, 1.165) is 25.7 Å². The minimum Gasteiger partial charge on any atom is -0.380 e. The summed E-state index contributed by atoms with van der Waals surface area (Å²) in [5, 5.41) is 3.75. The average molecular weight is 282 g/mol. The topological polar surface area (TPSA) is 24.5 Å². The van der Waals surface area contributed by atoms with E-state index < -0.39 is 0 Å². The molecule has 0 bridgehead atoms. The quantitative estimate of drug-likeness (QED) is 0.810. The Labute approximate surface area is 125 Å². The van der Waals surface area contributed by atoms with Gasteiger partial charge in [0.05, 0.1) is 6.61 Å². The molecule has 0 amide bonds. The summed E-state index contributed by atoms with van der Waals surface area (Å²) in [5.41, 5.74) is 0. The maximum Gasteiger partial charge on any atom is 0.0637 e. The van der Waals surface area contributed by atoms with Gasteiger partial charge < -0.3 is 10.1 Å². The molecule has 3 nitrogen and oxygen atoms in total. The average Bonchev–Trinajstić information content (AvgIpc) is 2.71. The zero-order valence-electron chi connectivity index (χ0n) is 13.6. The van der Waals surface area contributed by atoms with Crippen molar-refractivity contribution in [2.45, 2.75) is 70.9 Å². The molecule has 1 N–H and O–H groups in total. The highest BCUT2D eigenvalue weighted by Crippen LogP contribution is 2.25. The molecule has 3 unspecified atom stereocenters. The van der Waals surface area contributed by atoms with Crippen molar-refractivity contribution in [2.24, 2.45) is 5.92 Å². The first kappa shape index (κ1) is 16.3. The summed E-state index contributed by atoms with van der Waals surface area (Å²) in [7, 11) is 0. The third-order valence-corrected chi connectivity index (χ3v) is 5.03. The number of ether oxygens (including phenoxy) is 1. The van der Waals surface area contributed by atoms with Crippen LogP contribution in [0.5, 0.6) is 0 Å². The largest absolute Gasteiger partial charge is 0.380 e. The van der Waals surface area contributed by atoms with Gasteiger partial charge in [0, 0.05) is 18.7 Å². The Morgan fingerprint density at radius 2 is 2.00 bits per heavy atom. The van der Waals surface area contributed by atoms with E-state index in [1.165, 1.54) is 58.0 Å². The Morgan fingerprint density at radius 1 is 1.10 bits per heavy atom. The lowest BCUT2D eigenvalue weighted by Crippen LogP contribution is -2.55. The highest BCUT2D eigenvalue weighted by molar-refractivity contribution is 4.88. The molecule has 118 valence electrons. The molecule has 0 spiro atoms. The smallest absolute Gasteiger partial charge is 0.0637 e. The molecule has 2 rings (SSSR count). The molecule has 2 fully saturated rings. The predicted octanol–water partition coefficient (Wildman–Crippen LogP) is 3.05. The maximum absolute atomic E-state index is 5.78. The van der Waals surface area contributed by atoms with Gasteiger partial charge in [0.25, 0.3) is 0 Å². The normalized spacial score (nSPS) is 33.0. The number of likely N-dealkylation sites (tertiary alicyclic amines) is 1. The fraction of sp³-hybridized carbons (Fsp3) is 1.00. The Balaban J connectivity index is 1.87. The molecule has 2 aliphatic rings. The van der Waals surface area contributed by atoms with E-state index in [1.807, 2.05) is 0 Å². The van der Waals surface area contributed by atoms with Crippen molar-refractivity contribution in [3.63, 3.8) is 0 Å². The standard InChI is InChI=1S/C17H34N2O/c1-3-6-15-7-5-11-19(12-8-15)17-14-20-13-9-16(17)18-10-4-2/h15-18H,3-14H2,1-2H3. The Morgan fingerprint density at radius 3 is 2.80 bits per heavy atom. The lowest BCUT2D eigenvalue weighted by molar-refractivity contribution is -0.00236. The van der Waals surface area contributed by atoms with Crippen LogP contribution in [-0.4, -0.2) is 49.8 Å². The maximum atomic E-state index is 5.78. The second-order valence-electron chi connectivity index (χ2n) is 6.61. The number of nitrogens with one attached hydrogen (secondary N) is 1. The fourth-order valence-corrected chi connectivity index (χ4v) is 3.87. The number of rotatable bonds is 6. The van der Waals surface area contributed by atoms with E-state index >= 15 is 0 Å². The molecule has 3 heteroatoms. The van der Waals surface area contributed by atoms with Gasteiger partial charge in [0.1, 0.15) is 0 Å². The molecule has 0 radical (unpaired) electrons. The van der Waals surface area contributed by atoms with E-state index in [-0.39, 0.29) is 0 Å². The van der Waals surface area contributed by atoms with Gasteiger partial charge in [-0.25, -0.2) is 0 Å². The van der Waals surface area contributed by atoms with Crippen LogP contribution in [0, 0.1) is 5.92 Å². The third-order valence-electron chi connectivity index (χ3n) is 5.03. The minimum atomic E-state index is 0.607. The van der Waals surface area contributed by atoms with Gasteiger partial charge >= 0.3 is 0 Å². The van der Waals surface area contributed by atoms with Crippen molar-refractivity contribution in [1.82, 2.24) is 10.2 Å². The van der Waals surface area contributed by atoms with Crippen LogP contribution in [0.15, 0.2) is 0 Å². The molecule has 0 saturated carbocycles. The van der Waals surface area contributed by atoms with Crippen molar-refractivity contribution in [1.29, 1.82) is 0 Å². The lowest BCUT2D eigenvalue weighted by atomic mass is 9.96. The van der Waals surface area contributed by atoms with E-state index in [1.54, 1.807) is 0 Å². The highest BCUT2D eigenvalue weighted by Gasteiger charge is 2.31. The summed E-state index contributed by atoms with van der Waals surface area (Å²) in [5.74, 6) is 0.969. The highest BCUT2D eigenvalue weighted by atomic mass is 16.5. The number of hydrogen-bond donors (Lipinski definition) is 1. The second kappa shape index (κ2) is 9.01. The van der Waals surface area contributed by atoms with Crippen molar-refractivity contribution in [2.75, 3.05) is 32.8 Å². The minimum absolute atomic E-state index is 0.607. The summed E-state index contributed by atoms with van der Waals surface area (Å²) >= 11 is 0. The van der Waals surface area contributed by atoms with Crippen LogP contribution in [0.2, 0.25) is 0 Å². The summed E-state index contributed by atoms with van der Waals surface area (Å²) in [6, 6.07) is 1.25. The van der Waals surface area contributed by atoms with Crippen molar-refractivity contribution >= 4 is 0 Å². The molecule has 2 heterocycles. The van der Waals surface area contributed by atoms with Gasteiger partial charge in [-0.05, 0) is 57.7 Å². The van der Waals surface area contributed by atoms with Crippen LogP contribution in [0.3, 0.4) is 0 Å². The van der Waals surface area contributed by atoms with Gasteiger partial charge in [0.2, 0.25) is 0 Å². The van der Waals surface area contributed by atoms with Crippen LogP contribution in [0.4, 0.5) is 0 Å². The monoisotopic (exact) mass is 282 g/mol. The first-order chi connectivity index (χ1) is 9.85. The third kappa shape index (κ3) is 4.71. The van der Waals surface area contributed by atoms with Gasteiger partial charge in [0.15, 0.2) is 0 Å². The first-order valence-electron chi connectivity index (χ1n) is 8.90. The summed E-state index contributed by atoms with van der Waals surface area (Å²) in [6.45, 7) is 10.1. The molecule has 0 aromatic carbocycles. The summed E-state index contributed by atoms with van der Waals surface area (Å²) < 4.78 is 5.78. The fourth-order valence-electron chi connectivity index (χ4n) is 3.87. The molecular weight excluding hydrogens is 248 g/mol. The van der Waals surface area contributed by atoms with Gasteiger partial charge in [-0.2, -0.15) is 0 Å². The van der Waals surface area contributed by atoms with Crippen molar-refractivity contribution in [3.05, 3.63) is 0 Å². The van der Waals surface area contributed by atoms with Crippen LogP contribution in [0.1, 0.15) is 58.8 Å². The molecule has 20 heavy (non-hydrogen) atoms. The van der Waals surface area contributed by atoms with Gasteiger partial charge in [-0.3, -0.25) is 4.90 Å². The lowest BCUT2D eigenvalue weighted by Gasteiger charge is -2.40. The SMILES string of the molecule is CCCNC1CCOCC1N1CCCC(CCC)CC1. The molecule has 0 aromatic heterocycles. The van der Waals surface area contributed by atoms with Crippen molar-refractivity contribution in [3.8, 4) is 0 Å². The zero-order valence-corrected chi connectivity index (χ0v) is 13.6. The van der Waals surface area contributed by atoms with Crippen LogP contribution < -0.4 is 5.32 Å². The van der Waals surface area contributed by atoms with Crippen LogP contribution in [0.25, 0.3) is 0 Å². The molecule has 2 saturated heterocycles. The Hall–Kier alpha value is -0.120. The zero-order chi connectivity index (χ0) is 14.2. The van der Waals surface area contributed by atoms with E-state index in [4.69, 9.17) is 4.74 Å². The predicted molar refractivity (Wildman–Crippen MR) is 85.1 cm³/mol. The first-order valence-corrected chi connectivity index (χ1v) is 8.90.